The van der Waals surface area contributed by atoms with Crippen molar-refractivity contribution in [1.29, 1.82) is 0 Å². The molecule has 2 N–H and O–H groups in total. The molecule has 0 radical (unpaired) electrons. The fourth-order valence-corrected chi connectivity index (χ4v) is 2.67. The molecule has 0 saturated carbocycles. The zero-order chi connectivity index (χ0) is 16.1. The maximum Gasteiger partial charge on any atom is 0.337 e. The molecule has 22 heavy (non-hydrogen) atoms. The summed E-state index contributed by atoms with van der Waals surface area (Å²) in [6, 6.07) is 12.3. The van der Waals surface area contributed by atoms with Gasteiger partial charge in [0.2, 0.25) is 0 Å². The molecular weight excluding hydrogens is 388 g/mol. The molecule has 0 aliphatic rings. The third-order valence-corrected chi connectivity index (χ3v) is 3.73. The molecular formula is C15H12BrClN2O2S. The number of hydrogen-bond donors (Lipinski definition) is 2. The minimum absolute atomic E-state index is 0.367. The number of anilines is 2. The van der Waals surface area contributed by atoms with E-state index in [4.69, 9.17) is 23.8 Å². The number of thiocarbonyl (C=S) groups is 1. The van der Waals surface area contributed by atoms with E-state index in [0.717, 1.165) is 4.47 Å². The van der Waals surface area contributed by atoms with Crippen LogP contribution in [0, 0.1) is 0 Å². The molecule has 0 heterocycles. The van der Waals surface area contributed by atoms with Crippen molar-refractivity contribution in [2.45, 2.75) is 0 Å². The average Bonchev–Trinajstić information content (AvgIpc) is 2.49. The summed E-state index contributed by atoms with van der Waals surface area (Å²) in [7, 11) is 1.34. The Kier molecular flexibility index (Phi) is 5.76. The van der Waals surface area contributed by atoms with Gasteiger partial charge in [-0.1, -0.05) is 33.6 Å². The first-order valence-corrected chi connectivity index (χ1v) is 7.79. The van der Waals surface area contributed by atoms with Crippen LogP contribution in [-0.2, 0) is 4.74 Å². The average molecular weight is 400 g/mol. The third kappa shape index (κ3) is 4.43. The maximum absolute atomic E-state index is 11.5. The van der Waals surface area contributed by atoms with Crippen molar-refractivity contribution in [3.63, 3.8) is 0 Å². The molecule has 0 bridgehead atoms. The first-order chi connectivity index (χ1) is 10.5. The molecule has 7 heteroatoms. The zero-order valence-electron chi connectivity index (χ0n) is 11.5. The van der Waals surface area contributed by atoms with E-state index in [-0.39, 0.29) is 0 Å². The van der Waals surface area contributed by atoms with Crippen LogP contribution in [-0.4, -0.2) is 18.2 Å². The molecule has 0 unspecified atom stereocenters. The van der Waals surface area contributed by atoms with Gasteiger partial charge >= 0.3 is 5.97 Å². The minimum Gasteiger partial charge on any atom is -0.465 e. The van der Waals surface area contributed by atoms with Gasteiger partial charge in [0, 0.05) is 10.2 Å². The summed E-state index contributed by atoms with van der Waals surface area (Å²) in [6.07, 6.45) is 0. The fourth-order valence-electron chi connectivity index (χ4n) is 1.72. The second-order valence-electron chi connectivity index (χ2n) is 4.28. The standard InChI is InChI=1S/C15H12BrClN2O2S/c1-21-14(20)9-3-2-4-11(7-9)18-15(22)19-13-6-5-10(16)8-12(13)17/h2-8H,1H3,(H2,18,19,22). The van der Waals surface area contributed by atoms with Gasteiger partial charge in [0.25, 0.3) is 0 Å². The zero-order valence-corrected chi connectivity index (χ0v) is 14.7. The second kappa shape index (κ2) is 7.58. The van der Waals surface area contributed by atoms with Crippen LogP contribution in [0.5, 0.6) is 0 Å². The van der Waals surface area contributed by atoms with Crippen LogP contribution < -0.4 is 10.6 Å². The summed E-state index contributed by atoms with van der Waals surface area (Å²) in [5, 5.41) is 6.90. The van der Waals surface area contributed by atoms with Crippen LogP contribution in [0.2, 0.25) is 5.02 Å². The molecule has 114 valence electrons. The van der Waals surface area contributed by atoms with Crippen LogP contribution in [0.3, 0.4) is 0 Å². The number of methoxy groups -OCH3 is 1. The highest BCUT2D eigenvalue weighted by Gasteiger charge is 2.07. The highest BCUT2D eigenvalue weighted by Crippen LogP contribution is 2.25. The van der Waals surface area contributed by atoms with E-state index in [1.54, 1.807) is 30.3 Å². The van der Waals surface area contributed by atoms with E-state index in [0.29, 0.717) is 27.1 Å². The van der Waals surface area contributed by atoms with E-state index in [9.17, 15) is 4.79 Å². The molecule has 0 saturated heterocycles. The maximum atomic E-state index is 11.5. The smallest absolute Gasteiger partial charge is 0.337 e. The highest BCUT2D eigenvalue weighted by atomic mass is 79.9. The number of carbonyl (C=O) groups is 1. The molecule has 0 aromatic heterocycles. The number of rotatable bonds is 3. The van der Waals surface area contributed by atoms with Crippen molar-refractivity contribution in [2.75, 3.05) is 17.7 Å². The molecule has 2 aromatic carbocycles. The molecule has 0 fully saturated rings. The summed E-state index contributed by atoms with van der Waals surface area (Å²) in [5.74, 6) is -0.404. The van der Waals surface area contributed by atoms with E-state index in [2.05, 4.69) is 31.3 Å². The largest absolute Gasteiger partial charge is 0.465 e. The summed E-state index contributed by atoms with van der Waals surface area (Å²) in [6.45, 7) is 0. The van der Waals surface area contributed by atoms with Crippen molar-refractivity contribution in [3.8, 4) is 0 Å². The number of nitrogens with one attached hydrogen (secondary N) is 2. The van der Waals surface area contributed by atoms with Gasteiger partial charge in [-0.3, -0.25) is 0 Å². The van der Waals surface area contributed by atoms with Gasteiger partial charge in [-0.15, -0.1) is 0 Å². The molecule has 0 atom stereocenters. The van der Waals surface area contributed by atoms with Crippen LogP contribution >= 0.6 is 39.7 Å². The number of hydrogen-bond acceptors (Lipinski definition) is 3. The topological polar surface area (TPSA) is 50.4 Å². The number of ether oxygens (including phenoxy) is 1. The van der Waals surface area contributed by atoms with E-state index < -0.39 is 5.97 Å². The van der Waals surface area contributed by atoms with Gasteiger partial charge in [-0.25, -0.2) is 4.79 Å². The summed E-state index contributed by atoms with van der Waals surface area (Å²) >= 11 is 14.7. The molecule has 2 rings (SSSR count). The lowest BCUT2D eigenvalue weighted by Gasteiger charge is -2.12. The Labute approximate surface area is 146 Å². The van der Waals surface area contributed by atoms with Crippen LogP contribution in [0.4, 0.5) is 11.4 Å². The van der Waals surface area contributed by atoms with Crippen molar-refractivity contribution in [3.05, 3.63) is 57.5 Å². The third-order valence-electron chi connectivity index (χ3n) is 2.72. The fraction of sp³-hybridized carbons (Fsp3) is 0.0667. The SMILES string of the molecule is COC(=O)c1cccc(NC(=S)Nc2ccc(Br)cc2Cl)c1. The molecule has 2 aromatic rings. The summed E-state index contributed by atoms with van der Waals surface area (Å²) in [5.41, 5.74) is 1.80. The van der Waals surface area contributed by atoms with Gasteiger partial charge in [0.15, 0.2) is 5.11 Å². The second-order valence-corrected chi connectivity index (χ2v) is 6.01. The van der Waals surface area contributed by atoms with Gasteiger partial charge < -0.3 is 15.4 Å². The number of benzene rings is 2. The van der Waals surface area contributed by atoms with Gasteiger partial charge in [0.05, 0.1) is 23.4 Å². The number of carbonyl (C=O) groups excluding carboxylic acids is 1. The number of esters is 1. The summed E-state index contributed by atoms with van der Waals surface area (Å²) < 4.78 is 5.56. The predicted molar refractivity (Wildman–Crippen MR) is 96.8 cm³/mol. The number of halogens is 2. The van der Waals surface area contributed by atoms with Crippen molar-refractivity contribution in [1.82, 2.24) is 0 Å². The van der Waals surface area contributed by atoms with Crippen molar-refractivity contribution in [2.24, 2.45) is 0 Å². The normalized spacial score (nSPS) is 9.95. The van der Waals surface area contributed by atoms with Crippen LogP contribution in [0.15, 0.2) is 46.9 Å². The first kappa shape index (κ1) is 16.7. The molecule has 0 amide bonds. The van der Waals surface area contributed by atoms with Gasteiger partial charge in [-0.2, -0.15) is 0 Å². The Hall–Kier alpha value is -1.63. The molecule has 0 aliphatic heterocycles. The summed E-state index contributed by atoms with van der Waals surface area (Å²) in [4.78, 5) is 11.5. The Morgan fingerprint density at radius 1 is 1.23 bits per heavy atom. The van der Waals surface area contributed by atoms with E-state index in [1.807, 2.05) is 12.1 Å². The monoisotopic (exact) mass is 398 g/mol. The van der Waals surface area contributed by atoms with Crippen LogP contribution in [0.1, 0.15) is 10.4 Å². The van der Waals surface area contributed by atoms with E-state index in [1.165, 1.54) is 7.11 Å². The molecule has 0 aliphatic carbocycles. The first-order valence-electron chi connectivity index (χ1n) is 6.21. The van der Waals surface area contributed by atoms with Crippen LogP contribution in [0.25, 0.3) is 0 Å². The lowest BCUT2D eigenvalue weighted by atomic mass is 10.2. The lowest BCUT2D eigenvalue weighted by molar-refractivity contribution is 0.0601. The van der Waals surface area contributed by atoms with E-state index >= 15 is 0 Å². The lowest BCUT2D eigenvalue weighted by Crippen LogP contribution is -2.19. The Morgan fingerprint density at radius 3 is 2.68 bits per heavy atom. The highest BCUT2D eigenvalue weighted by molar-refractivity contribution is 9.10. The quantitative estimate of drug-likeness (QED) is 0.579. The Morgan fingerprint density at radius 2 is 2.00 bits per heavy atom. The minimum atomic E-state index is -0.404. The Bertz CT molecular complexity index is 724. The molecule has 0 spiro atoms. The van der Waals surface area contributed by atoms with Crippen molar-refractivity contribution >= 4 is 62.2 Å². The van der Waals surface area contributed by atoms with Gasteiger partial charge in [-0.05, 0) is 48.6 Å². The predicted octanol–water partition coefficient (Wildman–Crippen LogP) is 4.70. The Balaban J connectivity index is 2.07. The molecule has 4 nitrogen and oxygen atoms in total. The van der Waals surface area contributed by atoms with Gasteiger partial charge in [0.1, 0.15) is 0 Å². The van der Waals surface area contributed by atoms with Crippen molar-refractivity contribution < 1.29 is 9.53 Å².